The summed E-state index contributed by atoms with van der Waals surface area (Å²) >= 11 is 0. The average molecular weight is 297 g/mol. The molecule has 0 heterocycles. The number of nitrogens with two attached hydrogens (primary N) is 1. The lowest BCUT2D eigenvalue weighted by molar-refractivity contribution is 0.0964. The van der Waals surface area contributed by atoms with Crippen LogP contribution in [0.4, 0.5) is 10.5 Å². The van der Waals surface area contributed by atoms with E-state index in [-0.39, 0.29) is 0 Å². The maximum absolute atomic E-state index is 11.8. The number of anilines is 1. The second-order valence-corrected chi connectivity index (χ2v) is 5.01. The van der Waals surface area contributed by atoms with Crippen LogP contribution in [0.15, 0.2) is 48.5 Å². The molecule has 0 bridgehead atoms. The van der Waals surface area contributed by atoms with Gasteiger partial charge in [0.1, 0.15) is 0 Å². The Morgan fingerprint density at radius 1 is 1.05 bits per heavy atom. The van der Waals surface area contributed by atoms with Gasteiger partial charge in [-0.05, 0) is 48.7 Å². The number of imide groups is 1. The number of nitrogen functional groups attached to an aromatic ring is 1. The minimum Gasteiger partial charge on any atom is -0.399 e. The summed E-state index contributed by atoms with van der Waals surface area (Å²) in [6.07, 6.45) is 0.718. The van der Waals surface area contributed by atoms with Crippen molar-refractivity contribution in [3.8, 4) is 0 Å². The number of urea groups is 1. The highest BCUT2D eigenvalue weighted by Gasteiger charge is 2.09. The van der Waals surface area contributed by atoms with Crippen LogP contribution in [0.1, 0.15) is 21.5 Å². The van der Waals surface area contributed by atoms with Gasteiger partial charge in [0, 0.05) is 17.8 Å². The van der Waals surface area contributed by atoms with E-state index in [1.807, 2.05) is 31.2 Å². The Kier molecular flexibility index (Phi) is 5.14. The summed E-state index contributed by atoms with van der Waals surface area (Å²) in [4.78, 5) is 23.5. The number of nitrogens with one attached hydrogen (secondary N) is 2. The van der Waals surface area contributed by atoms with Gasteiger partial charge >= 0.3 is 6.03 Å². The van der Waals surface area contributed by atoms with E-state index in [0.29, 0.717) is 17.8 Å². The Hall–Kier alpha value is -2.82. The van der Waals surface area contributed by atoms with Crippen molar-refractivity contribution in [1.82, 2.24) is 10.6 Å². The molecule has 0 aromatic heterocycles. The number of hydrogen-bond acceptors (Lipinski definition) is 3. The van der Waals surface area contributed by atoms with Crippen molar-refractivity contribution in [2.75, 3.05) is 12.3 Å². The zero-order valence-corrected chi connectivity index (χ0v) is 12.4. The standard InChI is InChI=1S/C17H19N3O2/c1-12-4-2-3-5-13(12)10-11-19-17(22)20-16(21)14-6-8-15(18)9-7-14/h2-9H,10-11,18H2,1H3,(H2,19,20,21,22). The monoisotopic (exact) mass is 297 g/mol. The van der Waals surface area contributed by atoms with E-state index in [0.717, 1.165) is 6.42 Å². The van der Waals surface area contributed by atoms with Crippen molar-refractivity contribution < 1.29 is 9.59 Å². The summed E-state index contributed by atoms with van der Waals surface area (Å²) in [5.41, 5.74) is 8.87. The van der Waals surface area contributed by atoms with Gasteiger partial charge in [0.05, 0.1) is 0 Å². The van der Waals surface area contributed by atoms with Gasteiger partial charge in [-0.2, -0.15) is 0 Å². The molecule has 3 amide bonds. The molecule has 5 heteroatoms. The Morgan fingerprint density at radius 3 is 2.41 bits per heavy atom. The van der Waals surface area contributed by atoms with Gasteiger partial charge in [0.25, 0.3) is 5.91 Å². The summed E-state index contributed by atoms with van der Waals surface area (Å²) in [6, 6.07) is 13.9. The van der Waals surface area contributed by atoms with Crippen molar-refractivity contribution in [2.45, 2.75) is 13.3 Å². The third-order valence-corrected chi connectivity index (χ3v) is 3.34. The molecule has 0 aliphatic carbocycles. The molecule has 4 N–H and O–H groups in total. The summed E-state index contributed by atoms with van der Waals surface area (Å²) in [5, 5.41) is 4.96. The topological polar surface area (TPSA) is 84.2 Å². The zero-order valence-electron chi connectivity index (χ0n) is 12.4. The number of amides is 3. The first-order valence-corrected chi connectivity index (χ1v) is 7.05. The predicted octanol–water partition coefficient (Wildman–Crippen LogP) is 2.26. The molecule has 2 rings (SSSR count). The van der Waals surface area contributed by atoms with E-state index in [1.165, 1.54) is 11.1 Å². The van der Waals surface area contributed by atoms with Crippen molar-refractivity contribution in [1.29, 1.82) is 0 Å². The number of carbonyl (C=O) groups is 2. The molecule has 0 atom stereocenters. The molecule has 2 aromatic carbocycles. The lowest BCUT2D eigenvalue weighted by atomic mass is 10.1. The van der Waals surface area contributed by atoms with Crippen molar-refractivity contribution in [3.05, 3.63) is 65.2 Å². The van der Waals surface area contributed by atoms with E-state index < -0.39 is 11.9 Å². The zero-order chi connectivity index (χ0) is 15.9. The van der Waals surface area contributed by atoms with Gasteiger partial charge < -0.3 is 11.1 Å². The Balaban J connectivity index is 1.79. The second-order valence-electron chi connectivity index (χ2n) is 5.01. The fourth-order valence-electron chi connectivity index (χ4n) is 2.06. The summed E-state index contributed by atoms with van der Waals surface area (Å²) in [6.45, 7) is 2.49. The first kappa shape index (κ1) is 15.6. The van der Waals surface area contributed by atoms with Crippen molar-refractivity contribution >= 4 is 17.6 Å². The third-order valence-electron chi connectivity index (χ3n) is 3.34. The number of aryl methyl sites for hydroxylation is 1. The summed E-state index contributed by atoms with van der Waals surface area (Å²) < 4.78 is 0. The minimum absolute atomic E-state index is 0.392. The van der Waals surface area contributed by atoms with Crippen LogP contribution in [0.3, 0.4) is 0 Å². The van der Waals surface area contributed by atoms with Crippen LogP contribution >= 0.6 is 0 Å². The summed E-state index contributed by atoms with van der Waals surface area (Å²) in [5.74, 6) is -0.451. The highest BCUT2D eigenvalue weighted by molar-refractivity contribution is 6.04. The maximum atomic E-state index is 11.8. The fraction of sp³-hybridized carbons (Fsp3) is 0.176. The van der Waals surface area contributed by atoms with E-state index in [1.54, 1.807) is 24.3 Å². The Labute approximate surface area is 129 Å². The van der Waals surface area contributed by atoms with Crippen LogP contribution in [0, 0.1) is 6.92 Å². The SMILES string of the molecule is Cc1ccccc1CCNC(=O)NC(=O)c1ccc(N)cc1. The van der Waals surface area contributed by atoms with E-state index in [9.17, 15) is 9.59 Å². The normalized spacial score (nSPS) is 10.0. The maximum Gasteiger partial charge on any atom is 0.321 e. The van der Waals surface area contributed by atoms with Crippen molar-refractivity contribution in [2.24, 2.45) is 0 Å². The van der Waals surface area contributed by atoms with Crippen molar-refractivity contribution in [3.63, 3.8) is 0 Å². The highest BCUT2D eigenvalue weighted by atomic mass is 16.2. The number of carbonyl (C=O) groups excluding carboxylic acids is 2. The lowest BCUT2D eigenvalue weighted by Crippen LogP contribution is -2.40. The van der Waals surface area contributed by atoms with Gasteiger partial charge in [0.2, 0.25) is 0 Å². The summed E-state index contributed by atoms with van der Waals surface area (Å²) in [7, 11) is 0. The molecule has 22 heavy (non-hydrogen) atoms. The van der Waals surface area contributed by atoms with Gasteiger partial charge in [-0.1, -0.05) is 24.3 Å². The van der Waals surface area contributed by atoms with Crippen LogP contribution < -0.4 is 16.4 Å². The number of benzene rings is 2. The van der Waals surface area contributed by atoms with Crippen LogP contribution in [-0.2, 0) is 6.42 Å². The minimum atomic E-state index is -0.504. The molecule has 0 fully saturated rings. The van der Waals surface area contributed by atoms with E-state index in [4.69, 9.17) is 5.73 Å². The second kappa shape index (κ2) is 7.26. The predicted molar refractivity (Wildman–Crippen MR) is 86.6 cm³/mol. The van der Waals surface area contributed by atoms with Gasteiger partial charge in [0.15, 0.2) is 0 Å². The first-order chi connectivity index (χ1) is 10.6. The molecule has 0 saturated carbocycles. The fourth-order valence-corrected chi connectivity index (χ4v) is 2.06. The largest absolute Gasteiger partial charge is 0.399 e. The van der Waals surface area contributed by atoms with Crippen LogP contribution in [-0.4, -0.2) is 18.5 Å². The molecule has 2 aromatic rings. The van der Waals surface area contributed by atoms with E-state index >= 15 is 0 Å². The molecule has 0 unspecified atom stereocenters. The van der Waals surface area contributed by atoms with Crippen LogP contribution in [0.5, 0.6) is 0 Å². The molecular formula is C17H19N3O2. The van der Waals surface area contributed by atoms with Crippen LogP contribution in [0.25, 0.3) is 0 Å². The first-order valence-electron chi connectivity index (χ1n) is 7.05. The number of hydrogen-bond donors (Lipinski definition) is 3. The number of rotatable bonds is 4. The van der Waals surface area contributed by atoms with Gasteiger partial charge in [-0.15, -0.1) is 0 Å². The Bertz CT molecular complexity index is 666. The van der Waals surface area contributed by atoms with E-state index in [2.05, 4.69) is 10.6 Å². The quantitative estimate of drug-likeness (QED) is 0.757. The molecule has 5 nitrogen and oxygen atoms in total. The molecule has 114 valence electrons. The molecule has 0 aliphatic heterocycles. The third kappa shape index (κ3) is 4.34. The van der Waals surface area contributed by atoms with Gasteiger partial charge in [-0.25, -0.2) is 4.79 Å². The molecule has 0 saturated heterocycles. The molecule has 0 aliphatic rings. The lowest BCUT2D eigenvalue weighted by Gasteiger charge is -2.08. The average Bonchev–Trinajstić information content (AvgIpc) is 2.50. The molecular weight excluding hydrogens is 278 g/mol. The van der Waals surface area contributed by atoms with Gasteiger partial charge in [-0.3, -0.25) is 10.1 Å². The highest BCUT2D eigenvalue weighted by Crippen LogP contribution is 2.07. The Morgan fingerprint density at radius 2 is 1.73 bits per heavy atom. The molecule has 0 radical (unpaired) electrons. The molecule has 0 spiro atoms. The smallest absolute Gasteiger partial charge is 0.321 e. The van der Waals surface area contributed by atoms with Crippen LogP contribution in [0.2, 0.25) is 0 Å².